The molecule has 0 radical (unpaired) electrons. The third kappa shape index (κ3) is 3.91. The standard InChI is InChI=1S/C25H26O5S/c26-15-20-21(27)22(28)23(29)24(30-20)18-13-7-8-14-19(18)25(31,16-9-3-1-4-10-16)17-11-5-2-6-12-17/h1-14,20-24,26-29,31H,15H2/t20-,21-,22+,23+,24?/m1/s1. The van der Waals surface area contributed by atoms with Crippen LogP contribution in [-0.2, 0) is 9.48 Å². The maximum absolute atomic E-state index is 10.8. The predicted molar refractivity (Wildman–Crippen MR) is 121 cm³/mol. The van der Waals surface area contributed by atoms with Crippen LogP contribution in [0, 0.1) is 0 Å². The van der Waals surface area contributed by atoms with Crippen molar-refractivity contribution in [3.05, 3.63) is 107 Å². The Morgan fingerprint density at radius 1 is 0.710 bits per heavy atom. The first-order valence-electron chi connectivity index (χ1n) is 10.2. The van der Waals surface area contributed by atoms with Gasteiger partial charge in [-0.15, -0.1) is 0 Å². The highest BCUT2D eigenvalue weighted by Gasteiger charge is 2.46. The maximum Gasteiger partial charge on any atom is 0.113 e. The highest BCUT2D eigenvalue weighted by Crippen LogP contribution is 2.47. The fraction of sp³-hybridized carbons (Fsp3) is 0.280. The molecule has 4 rings (SSSR count). The number of thiol groups is 1. The first-order chi connectivity index (χ1) is 15.0. The van der Waals surface area contributed by atoms with Gasteiger partial charge in [-0.2, -0.15) is 12.6 Å². The van der Waals surface area contributed by atoms with Crippen LogP contribution >= 0.6 is 12.6 Å². The second-order valence-electron chi connectivity index (χ2n) is 7.78. The molecule has 0 amide bonds. The summed E-state index contributed by atoms with van der Waals surface area (Å²) in [6, 6.07) is 27.1. The predicted octanol–water partition coefficient (Wildman–Crippen LogP) is 2.42. The van der Waals surface area contributed by atoms with E-state index in [1.807, 2.05) is 84.9 Å². The molecule has 4 N–H and O–H groups in total. The Bertz CT molecular complexity index is 956. The van der Waals surface area contributed by atoms with Crippen LogP contribution in [0.4, 0.5) is 0 Å². The molecule has 1 unspecified atom stereocenters. The summed E-state index contributed by atoms with van der Waals surface area (Å²) >= 11 is 5.19. The summed E-state index contributed by atoms with van der Waals surface area (Å²) in [6.07, 6.45) is -6.17. The normalized spacial score (nSPS) is 26.5. The Kier molecular flexibility index (Phi) is 6.48. The van der Waals surface area contributed by atoms with E-state index >= 15 is 0 Å². The summed E-state index contributed by atoms with van der Waals surface area (Å²) in [4.78, 5) is 0. The number of aliphatic hydroxyl groups is 4. The zero-order valence-corrected chi connectivity index (χ0v) is 17.7. The first-order valence-corrected chi connectivity index (χ1v) is 10.7. The van der Waals surface area contributed by atoms with Crippen molar-refractivity contribution in [2.75, 3.05) is 6.61 Å². The van der Waals surface area contributed by atoms with Crippen molar-refractivity contribution in [2.45, 2.75) is 35.3 Å². The first kappa shape index (κ1) is 22.0. The van der Waals surface area contributed by atoms with Crippen LogP contribution in [0.3, 0.4) is 0 Å². The van der Waals surface area contributed by atoms with E-state index in [2.05, 4.69) is 0 Å². The molecular weight excluding hydrogens is 412 g/mol. The van der Waals surface area contributed by atoms with Gasteiger partial charge in [0.25, 0.3) is 0 Å². The molecule has 0 aromatic heterocycles. The minimum absolute atomic E-state index is 0.479. The van der Waals surface area contributed by atoms with Crippen LogP contribution in [0.2, 0.25) is 0 Å². The summed E-state index contributed by atoms with van der Waals surface area (Å²) in [5.41, 5.74) is 3.27. The maximum atomic E-state index is 10.8. The molecule has 5 atom stereocenters. The fourth-order valence-electron chi connectivity index (χ4n) is 4.27. The lowest BCUT2D eigenvalue weighted by Gasteiger charge is -2.42. The van der Waals surface area contributed by atoms with Crippen molar-refractivity contribution >= 4 is 12.6 Å². The van der Waals surface area contributed by atoms with Crippen LogP contribution in [0.5, 0.6) is 0 Å². The summed E-state index contributed by atoms with van der Waals surface area (Å²) in [6.45, 7) is -0.479. The second-order valence-corrected chi connectivity index (χ2v) is 8.45. The van der Waals surface area contributed by atoms with Gasteiger partial charge < -0.3 is 25.2 Å². The molecule has 1 heterocycles. The molecule has 0 bridgehead atoms. The molecule has 0 aliphatic carbocycles. The molecule has 1 saturated heterocycles. The minimum Gasteiger partial charge on any atom is -0.394 e. The van der Waals surface area contributed by atoms with Crippen LogP contribution < -0.4 is 0 Å². The quantitative estimate of drug-likeness (QED) is 0.312. The molecule has 0 saturated carbocycles. The fourth-order valence-corrected chi connectivity index (χ4v) is 4.77. The van der Waals surface area contributed by atoms with Crippen LogP contribution in [0.1, 0.15) is 28.4 Å². The van der Waals surface area contributed by atoms with E-state index < -0.39 is 41.9 Å². The van der Waals surface area contributed by atoms with Gasteiger partial charge in [0.05, 0.1) is 11.4 Å². The van der Waals surface area contributed by atoms with E-state index in [1.54, 1.807) is 0 Å². The van der Waals surface area contributed by atoms with Gasteiger partial charge in [0, 0.05) is 0 Å². The van der Waals surface area contributed by atoms with E-state index in [0.29, 0.717) is 5.56 Å². The summed E-state index contributed by atoms with van der Waals surface area (Å²) in [5, 5.41) is 40.9. The van der Waals surface area contributed by atoms with Crippen LogP contribution in [0.25, 0.3) is 0 Å². The summed E-state index contributed by atoms with van der Waals surface area (Å²) < 4.78 is 5.00. The molecule has 3 aromatic rings. The zero-order valence-electron chi connectivity index (χ0n) is 16.8. The Hall–Kier alpha value is -2.19. The Balaban J connectivity index is 1.90. The van der Waals surface area contributed by atoms with Gasteiger partial charge in [0.1, 0.15) is 30.5 Å². The number of benzene rings is 3. The summed E-state index contributed by atoms with van der Waals surface area (Å²) in [5.74, 6) is 0. The van der Waals surface area contributed by atoms with Crippen molar-refractivity contribution < 1.29 is 25.2 Å². The van der Waals surface area contributed by atoms with Gasteiger partial charge in [0.2, 0.25) is 0 Å². The number of ether oxygens (including phenoxy) is 1. The molecule has 1 aliphatic rings. The van der Waals surface area contributed by atoms with Gasteiger partial charge in [-0.05, 0) is 22.3 Å². The lowest BCUT2D eigenvalue weighted by Crippen LogP contribution is -2.55. The average molecular weight is 439 g/mol. The van der Waals surface area contributed by atoms with E-state index in [1.165, 1.54) is 0 Å². The van der Waals surface area contributed by atoms with Crippen LogP contribution in [0.15, 0.2) is 84.9 Å². The van der Waals surface area contributed by atoms with E-state index in [4.69, 9.17) is 17.4 Å². The number of hydrogen-bond acceptors (Lipinski definition) is 6. The third-order valence-corrected chi connectivity index (χ3v) is 6.69. The largest absolute Gasteiger partial charge is 0.394 e. The molecule has 0 spiro atoms. The Labute approximate surface area is 187 Å². The zero-order chi connectivity index (χ0) is 22.0. The average Bonchev–Trinajstić information content (AvgIpc) is 2.83. The molecule has 6 heteroatoms. The topological polar surface area (TPSA) is 90.2 Å². The van der Waals surface area contributed by atoms with Crippen LogP contribution in [-0.4, -0.2) is 51.4 Å². The lowest BCUT2D eigenvalue weighted by atomic mass is 9.79. The van der Waals surface area contributed by atoms with Crippen molar-refractivity contribution in [3.63, 3.8) is 0 Å². The van der Waals surface area contributed by atoms with Gasteiger partial charge in [-0.3, -0.25) is 0 Å². The lowest BCUT2D eigenvalue weighted by molar-refractivity contribution is -0.231. The van der Waals surface area contributed by atoms with E-state index in [9.17, 15) is 20.4 Å². The number of aliphatic hydroxyl groups excluding tert-OH is 4. The molecular formula is C25H26O5S. The molecule has 3 aromatic carbocycles. The Morgan fingerprint density at radius 2 is 1.23 bits per heavy atom. The number of hydrogen-bond donors (Lipinski definition) is 5. The molecule has 5 nitrogen and oxygen atoms in total. The van der Waals surface area contributed by atoms with Gasteiger partial charge in [0.15, 0.2) is 0 Å². The van der Waals surface area contributed by atoms with Gasteiger partial charge in [-0.25, -0.2) is 0 Å². The molecule has 1 fully saturated rings. The molecule has 1 aliphatic heterocycles. The molecule has 162 valence electrons. The second kappa shape index (κ2) is 9.12. The third-order valence-electron chi connectivity index (χ3n) is 5.93. The van der Waals surface area contributed by atoms with Crippen molar-refractivity contribution in [2.24, 2.45) is 0 Å². The highest BCUT2D eigenvalue weighted by atomic mass is 32.1. The van der Waals surface area contributed by atoms with Crippen molar-refractivity contribution in [1.29, 1.82) is 0 Å². The number of rotatable bonds is 5. The van der Waals surface area contributed by atoms with Crippen molar-refractivity contribution in [3.8, 4) is 0 Å². The van der Waals surface area contributed by atoms with E-state index in [-0.39, 0.29) is 0 Å². The monoisotopic (exact) mass is 438 g/mol. The molecule has 31 heavy (non-hydrogen) atoms. The van der Waals surface area contributed by atoms with Crippen molar-refractivity contribution in [1.82, 2.24) is 0 Å². The summed E-state index contributed by atoms with van der Waals surface area (Å²) in [7, 11) is 0. The Morgan fingerprint density at radius 3 is 1.77 bits per heavy atom. The SMILES string of the molecule is OC[C@H]1OC(c2ccccc2C(S)(c2ccccc2)c2ccccc2)[C@@H](O)[C@@H](O)[C@@H]1O. The smallest absolute Gasteiger partial charge is 0.113 e. The van der Waals surface area contributed by atoms with Gasteiger partial charge in [-0.1, -0.05) is 84.9 Å². The van der Waals surface area contributed by atoms with E-state index in [0.717, 1.165) is 16.7 Å². The minimum atomic E-state index is -1.45. The van der Waals surface area contributed by atoms with Gasteiger partial charge >= 0.3 is 0 Å². The highest BCUT2D eigenvalue weighted by molar-refractivity contribution is 7.81.